The second kappa shape index (κ2) is 7.73. The Labute approximate surface area is 139 Å². The Kier molecular flexibility index (Phi) is 5.94. The summed E-state index contributed by atoms with van der Waals surface area (Å²) in [5.74, 6) is -0.262. The minimum Gasteiger partial charge on any atom is -0.331 e. The van der Waals surface area contributed by atoms with Gasteiger partial charge in [0.15, 0.2) is 0 Å². The third-order valence-corrected chi connectivity index (χ3v) is 4.34. The maximum atomic E-state index is 12.2. The Morgan fingerprint density at radius 3 is 1.78 bits per heavy atom. The van der Waals surface area contributed by atoms with Crippen LogP contribution in [-0.2, 0) is 0 Å². The van der Waals surface area contributed by atoms with E-state index in [0.29, 0.717) is 17.7 Å². The number of nitrogens with zero attached hydrogens (tertiary/aromatic N) is 2. The van der Waals surface area contributed by atoms with Gasteiger partial charge in [-0.1, -0.05) is 31.4 Å². The molecule has 4 heteroatoms. The number of rotatable bonds is 9. The van der Waals surface area contributed by atoms with Crippen molar-refractivity contribution in [2.45, 2.75) is 38.5 Å². The molecule has 4 nitrogen and oxygen atoms in total. The summed E-state index contributed by atoms with van der Waals surface area (Å²) in [6, 6.07) is 7.10. The number of quaternary nitrogens is 1. The fraction of sp³-hybridized carbons (Fsp3) is 0.579. The Morgan fingerprint density at radius 2 is 1.26 bits per heavy atom. The normalized spacial score (nSPS) is 14.5. The van der Waals surface area contributed by atoms with Gasteiger partial charge in [0.2, 0.25) is 0 Å². The SMILES string of the molecule is C[N+](C)(C)CCCCCCCCN1C(=O)c2ccccc2C1=O. The third kappa shape index (κ3) is 4.90. The Bertz CT molecular complexity index is 526. The van der Waals surface area contributed by atoms with Gasteiger partial charge >= 0.3 is 0 Å². The second-order valence-electron chi connectivity index (χ2n) is 7.44. The smallest absolute Gasteiger partial charge is 0.261 e. The van der Waals surface area contributed by atoms with Crippen LogP contribution in [0.5, 0.6) is 0 Å². The summed E-state index contributed by atoms with van der Waals surface area (Å²) in [6.07, 6.45) is 6.94. The Balaban J connectivity index is 1.63. The second-order valence-corrected chi connectivity index (χ2v) is 7.44. The van der Waals surface area contributed by atoms with Gasteiger partial charge < -0.3 is 4.48 Å². The van der Waals surface area contributed by atoms with Gasteiger partial charge in [0.25, 0.3) is 11.8 Å². The summed E-state index contributed by atoms with van der Waals surface area (Å²) in [6.45, 7) is 1.76. The standard InChI is InChI=1S/C19H29N2O2/c1-21(2,3)15-11-7-5-4-6-10-14-20-18(22)16-12-8-9-13-17(16)19(20)23/h8-9,12-13H,4-7,10-11,14-15H2,1-3H3/q+1. The van der Waals surface area contributed by atoms with E-state index in [0.717, 1.165) is 17.3 Å². The zero-order chi connectivity index (χ0) is 16.9. The van der Waals surface area contributed by atoms with Crippen molar-refractivity contribution in [3.63, 3.8) is 0 Å². The van der Waals surface area contributed by atoms with E-state index in [9.17, 15) is 9.59 Å². The van der Waals surface area contributed by atoms with Gasteiger partial charge in [0.05, 0.1) is 38.8 Å². The maximum Gasteiger partial charge on any atom is 0.261 e. The molecule has 0 spiro atoms. The van der Waals surface area contributed by atoms with E-state index in [2.05, 4.69) is 21.1 Å². The summed E-state index contributed by atoms with van der Waals surface area (Å²) in [5.41, 5.74) is 1.11. The first kappa shape index (κ1) is 17.7. The molecule has 2 amide bonds. The monoisotopic (exact) mass is 317 g/mol. The minimum atomic E-state index is -0.131. The summed E-state index contributed by atoms with van der Waals surface area (Å²) >= 11 is 0. The maximum absolute atomic E-state index is 12.2. The lowest BCUT2D eigenvalue weighted by atomic mass is 10.1. The number of fused-ring (bicyclic) bond motifs is 1. The number of hydrogen-bond donors (Lipinski definition) is 0. The molecule has 1 aliphatic heterocycles. The molecule has 0 fully saturated rings. The molecule has 126 valence electrons. The van der Waals surface area contributed by atoms with Crippen molar-refractivity contribution in [3.05, 3.63) is 35.4 Å². The van der Waals surface area contributed by atoms with Crippen molar-refractivity contribution in [2.75, 3.05) is 34.2 Å². The average Bonchev–Trinajstić information content (AvgIpc) is 2.74. The van der Waals surface area contributed by atoms with E-state index in [-0.39, 0.29) is 11.8 Å². The van der Waals surface area contributed by atoms with Crippen LogP contribution in [0.1, 0.15) is 59.2 Å². The predicted molar refractivity (Wildman–Crippen MR) is 92.4 cm³/mol. The number of carbonyl (C=O) groups is 2. The summed E-state index contributed by atoms with van der Waals surface area (Å²) in [5, 5.41) is 0. The number of unbranched alkanes of at least 4 members (excludes halogenated alkanes) is 5. The fourth-order valence-corrected chi connectivity index (χ4v) is 3.01. The molecular formula is C19H29N2O2+. The highest BCUT2D eigenvalue weighted by Crippen LogP contribution is 2.22. The van der Waals surface area contributed by atoms with Crippen LogP contribution in [0.4, 0.5) is 0 Å². The number of amides is 2. The van der Waals surface area contributed by atoms with Crippen LogP contribution in [0.15, 0.2) is 24.3 Å². The van der Waals surface area contributed by atoms with Gasteiger partial charge in [-0.15, -0.1) is 0 Å². The summed E-state index contributed by atoms with van der Waals surface area (Å²) < 4.78 is 1.03. The van der Waals surface area contributed by atoms with Crippen LogP contribution >= 0.6 is 0 Å². The van der Waals surface area contributed by atoms with Gasteiger partial charge in [-0.3, -0.25) is 14.5 Å². The first-order valence-electron chi connectivity index (χ1n) is 8.66. The summed E-state index contributed by atoms with van der Waals surface area (Å²) in [4.78, 5) is 25.8. The topological polar surface area (TPSA) is 37.4 Å². The molecule has 1 aromatic rings. The lowest BCUT2D eigenvalue weighted by molar-refractivity contribution is -0.870. The largest absolute Gasteiger partial charge is 0.331 e. The first-order valence-corrected chi connectivity index (χ1v) is 8.66. The zero-order valence-corrected chi connectivity index (χ0v) is 14.7. The summed E-state index contributed by atoms with van der Waals surface area (Å²) in [7, 11) is 6.67. The molecule has 0 atom stereocenters. The molecule has 2 rings (SSSR count). The van der Waals surface area contributed by atoms with E-state index in [1.165, 1.54) is 37.1 Å². The van der Waals surface area contributed by atoms with Crippen LogP contribution in [0.2, 0.25) is 0 Å². The molecule has 1 heterocycles. The van der Waals surface area contributed by atoms with Crippen LogP contribution in [-0.4, -0.2) is 55.4 Å². The molecule has 0 unspecified atom stereocenters. The van der Waals surface area contributed by atoms with Gasteiger partial charge in [-0.25, -0.2) is 0 Å². The van der Waals surface area contributed by atoms with Gasteiger partial charge in [0, 0.05) is 6.54 Å². The molecule has 0 aliphatic carbocycles. The van der Waals surface area contributed by atoms with Crippen LogP contribution < -0.4 is 0 Å². The Hall–Kier alpha value is -1.68. The fourth-order valence-electron chi connectivity index (χ4n) is 3.01. The molecule has 23 heavy (non-hydrogen) atoms. The number of carbonyl (C=O) groups excluding carboxylic acids is 2. The van der Waals surface area contributed by atoms with Gasteiger partial charge in [-0.05, 0) is 31.4 Å². The highest BCUT2D eigenvalue weighted by molar-refractivity contribution is 6.21. The molecule has 0 N–H and O–H groups in total. The molecule has 0 saturated carbocycles. The zero-order valence-electron chi connectivity index (χ0n) is 14.7. The van der Waals surface area contributed by atoms with E-state index >= 15 is 0 Å². The lowest BCUT2D eigenvalue weighted by Gasteiger charge is -2.23. The van der Waals surface area contributed by atoms with E-state index in [4.69, 9.17) is 0 Å². The molecule has 0 bridgehead atoms. The van der Waals surface area contributed by atoms with Gasteiger partial charge in [0.1, 0.15) is 0 Å². The average molecular weight is 317 g/mol. The highest BCUT2D eigenvalue weighted by atomic mass is 16.2. The molecule has 0 saturated heterocycles. The van der Waals surface area contributed by atoms with Crippen LogP contribution in [0.3, 0.4) is 0 Å². The van der Waals surface area contributed by atoms with Crippen molar-refractivity contribution in [1.82, 2.24) is 4.90 Å². The van der Waals surface area contributed by atoms with Crippen molar-refractivity contribution in [3.8, 4) is 0 Å². The molecule has 1 aliphatic rings. The van der Waals surface area contributed by atoms with Crippen LogP contribution in [0, 0.1) is 0 Å². The minimum absolute atomic E-state index is 0.131. The van der Waals surface area contributed by atoms with Crippen molar-refractivity contribution in [2.24, 2.45) is 0 Å². The van der Waals surface area contributed by atoms with Crippen LogP contribution in [0.25, 0.3) is 0 Å². The van der Waals surface area contributed by atoms with Crippen molar-refractivity contribution < 1.29 is 14.1 Å². The Morgan fingerprint density at radius 1 is 0.783 bits per heavy atom. The first-order chi connectivity index (χ1) is 10.9. The third-order valence-electron chi connectivity index (χ3n) is 4.34. The highest BCUT2D eigenvalue weighted by Gasteiger charge is 2.34. The lowest BCUT2D eigenvalue weighted by Crippen LogP contribution is -2.35. The number of hydrogen-bond acceptors (Lipinski definition) is 2. The van der Waals surface area contributed by atoms with E-state index in [1.807, 2.05) is 12.1 Å². The van der Waals surface area contributed by atoms with Crippen molar-refractivity contribution >= 4 is 11.8 Å². The molecule has 0 aromatic heterocycles. The van der Waals surface area contributed by atoms with Gasteiger partial charge in [-0.2, -0.15) is 0 Å². The molecule has 0 radical (unpaired) electrons. The quantitative estimate of drug-likeness (QED) is 0.398. The molecule has 1 aromatic carbocycles. The number of imide groups is 1. The van der Waals surface area contributed by atoms with E-state index in [1.54, 1.807) is 12.1 Å². The molecular weight excluding hydrogens is 288 g/mol. The predicted octanol–water partition coefficient (Wildman–Crippen LogP) is 3.33. The van der Waals surface area contributed by atoms with Crippen molar-refractivity contribution in [1.29, 1.82) is 0 Å². The number of benzene rings is 1. The van der Waals surface area contributed by atoms with E-state index < -0.39 is 0 Å².